The van der Waals surface area contributed by atoms with E-state index in [-0.39, 0.29) is 18.4 Å². The van der Waals surface area contributed by atoms with Gasteiger partial charge >= 0.3 is 0 Å². The van der Waals surface area contributed by atoms with Crippen LogP contribution in [0, 0.1) is 0 Å². The number of pyridine rings is 1. The summed E-state index contributed by atoms with van der Waals surface area (Å²) >= 11 is 0. The van der Waals surface area contributed by atoms with E-state index in [1.165, 1.54) is 0 Å². The maximum absolute atomic E-state index is 12.2. The first-order valence-electron chi connectivity index (χ1n) is 7.07. The van der Waals surface area contributed by atoms with Crippen molar-refractivity contribution in [3.8, 4) is 0 Å². The molecule has 1 aromatic heterocycles. The van der Waals surface area contributed by atoms with Gasteiger partial charge in [0, 0.05) is 39.0 Å². The SMILES string of the molecule is CN(Cc1cccnc1)C(=O)CN1CCCCCC1=O. The molecule has 2 heterocycles. The second kappa shape index (κ2) is 7.03. The molecule has 0 radical (unpaired) electrons. The molecule has 108 valence electrons. The lowest BCUT2D eigenvalue weighted by Crippen LogP contribution is -2.41. The molecule has 1 saturated heterocycles. The lowest BCUT2D eigenvalue weighted by atomic mass is 10.2. The lowest BCUT2D eigenvalue weighted by Gasteiger charge is -2.24. The van der Waals surface area contributed by atoms with Crippen LogP contribution in [0.2, 0.25) is 0 Å². The van der Waals surface area contributed by atoms with Gasteiger partial charge in [0.1, 0.15) is 0 Å². The van der Waals surface area contributed by atoms with Crippen LogP contribution in [0.15, 0.2) is 24.5 Å². The number of hydrogen-bond acceptors (Lipinski definition) is 3. The topological polar surface area (TPSA) is 53.5 Å². The van der Waals surface area contributed by atoms with E-state index in [0.29, 0.717) is 19.5 Å². The smallest absolute Gasteiger partial charge is 0.242 e. The quantitative estimate of drug-likeness (QED) is 0.835. The molecule has 0 bridgehead atoms. The van der Waals surface area contributed by atoms with E-state index < -0.39 is 0 Å². The standard InChI is InChI=1S/C15H21N3O2/c1-17(11-13-6-5-8-16-10-13)15(20)12-18-9-4-2-3-7-14(18)19/h5-6,8,10H,2-4,7,9,11-12H2,1H3. The van der Waals surface area contributed by atoms with E-state index in [0.717, 1.165) is 24.8 Å². The minimum atomic E-state index is -0.0240. The lowest BCUT2D eigenvalue weighted by molar-refractivity contribution is -0.139. The molecule has 0 aromatic carbocycles. The van der Waals surface area contributed by atoms with E-state index in [4.69, 9.17) is 0 Å². The van der Waals surface area contributed by atoms with Crippen molar-refractivity contribution in [3.63, 3.8) is 0 Å². The highest BCUT2D eigenvalue weighted by Gasteiger charge is 2.20. The molecule has 5 heteroatoms. The molecule has 1 aliphatic rings. The Morgan fingerprint density at radius 1 is 1.40 bits per heavy atom. The van der Waals surface area contributed by atoms with Crippen LogP contribution in [0.5, 0.6) is 0 Å². The predicted molar refractivity (Wildman–Crippen MR) is 75.8 cm³/mol. The van der Waals surface area contributed by atoms with Gasteiger partial charge in [-0.1, -0.05) is 12.5 Å². The Morgan fingerprint density at radius 3 is 3.00 bits per heavy atom. The molecule has 0 spiro atoms. The van der Waals surface area contributed by atoms with Crippen molar-refractivity contribution in [2.45, 2.75) is 32.2 Å². The van der Waals surface area contributed by atoms with Crippen molar-refractivity contribution < 1.29 is 9.59 Å². The fourth-order valence-corrected chi connectivity index (χ4v) is 2.34. The zero-order chi connectivity index (χ0) is 14.4. The number of nitrogens with zero attached hydrogens (tertiary/aromatic N) is 3. The summed E-state index contributed by atoms with van der Waals surface area (Å²) < 4.78 is 0. The number of carbonyl (C=O) groups excluding carboxylic acids is 2. The number of carbonyl (C=O) groups is 2. The molecule has 1 aromatic rings. The van der Waals surface area contributed by atoms with Gasteiger partial charge in [-0.05, 0) is 24.5 Å². The number of likely N-dealkylation sites (tertiary alicyclic amines) is 1. The number of aromatic nitrogens is 1. The van der Waals surface area contributed by atoms with Gasteiger partial charge in [-0.25, -0.2) is 0 Å². The molecule has 0 atom stereocenters. The van der Waals surface area contributed by atoms with Gasteiger partial charge in [-0.15, -0.1) is 0 Å². The highest BCUT2D eigenvalue weighted by molar-refractivity contribution is 5.84. The van der Waals surface area contributed by atoms with E-state index in [2.05, 4.69) is 4.98 Å². The average Bonchev–Trinajstić information content (AvgIpc) is 2.65. The molecule has 2 amide bonds. The van der Waals surface area contributed by atoms with Gasteiger partial charge in [-0.3, -0.25) is 14.6 Å². The largest absolute Gasteiger partial charge is 0.340 e. The van der Waals surface area contributed by atoms with Crippen molar-refractivity contribution in [3.05, 3.63) is 30.1 Å². The number of rotatable bonds is 4. The van der Waals surface area contributed by atoms with E-state index in [1.807, 2.05) is 12.1 Å². The van der Waals surface area contributed by atoms with Crippen LogP contribution in [0.4, 0.5) is 0 Å². The van der Waals surface area contributed by atoms with Crippen LogP contribution < -0.4 is 0 Å². The van der Waals surface area contributed by atoms with Gasteiger partial charge < -0.3 is 9.80 Å². The zero-order valence-corrected chi connectivity index (χ0v) is 11.9. The minimum Gasteiger partial charge on any atom is -0.340 e. The van der Waals surface area contributed by atoms with Crippen LogP contribution in [0.25, 0.3) is 0 Å². The third-order valence-electron chi connectivity index (χ3n) is 3.57. The van der Waals surface area contributed by atoms with Crippen LogP contribution in [0.3, 0.4) is 0 Å². The van der Waals surface area contributed by atoms with Crippen molar-refractivity contribution in [2.75, 3.05) is 20.1 Å². The van der Waals surface area contributed by atoms with Gasteiger partial charge in [-0.2, -0.15) is 0 Å². The average molecular weight is 275 g/mol. The summed E-state index contributed by atoms with van der Waals surface area (Å²) in [7, 11) is 1.76. The second-order valence-electron chi connectivity index (χ2n) is 5.24. The summed E-state index contributed by atoms with van der Waals surface area (Å²) in [5, 5.41) is 0. The maximum Gasteiger partial charge on any atom is 0.242 e. The minimum absolute atomic E-state index is 0.0240. The number of likely N-dealkylation sites (N-methyl/N-ethyl adjacent to an activating group) is 1. The molecule has 0 saturated carbocycles. The summed E-state index contributed by atoms with van der Waals surface area (Å²) in [4.78, 5) is 31.4. The first kappa shape index (κ1) is 14.5. The third kappa shape index (κ3) is 4.05. The van der Waals surface area contributed by atoms with Crippen molar-refractivity contribution in [2.24, 2.45) is 0 Å². The second-order valence-corrected chi connectivity index (χ2v) is 5.24. The normalized spacial score (nSPS) is 15.8. The Labute approximate surface area is 119 Å². The summed E-state index contributed by atoms with van der Waals surface area (Å²) in [5.41, 5.74) is 0.991. The monoisotopic (exact) mass is 275 g/mol. The Balaban J connectivity index is 1.88. The molecule has 5 nitrogen and oxygen atoms in total. The summed E-state index contributed by atoms with van der Waals surface area (Å²) in [6.45, 7) is 1.41. The fourth-order valence-electron chi connectivity index (χ4n) is 2.34. The Kier molecular flexibility index (Phi) is 5.09. The van der Waals surface area contributed by atoms with Crippen LogP contribution in [0.1, 0.15) is 31.2 Å². The van der Waals surface area contributed by atoms with Crippen LogP contribution in [-0.2, 0) is 16.1 Å². The van der Waals surface area contributed by atoms with Gasteiger partial charge in [0.05, 0.1) is 6.54 Å². The van der Waals surface area contributed by atoms with Crippen molar-refractivity contribution in [1.29, 1.82) is 0 Å². The molecule has 2 rings (SSSR count). The highest BCUT2D eigenvalue weighted by atomic mass is 16.2. The highest BCUT2D eigenvalue weighted by Crippen LogP contribution is 2.11. The van der Waals surface area contributed by atoms with Crippen molar-refractivity contribution in [1.82, 2.24) is 14.8 Å². The summed E-state index contributed by atoms with van der Waals surface area (Å²) in [5.74, 6) is 0.0785. The molecule has 0 N–H and O–H groups in total. The summed E-state index contributed by atoms with van der Waals surface area (Å²) in [6, 6.07) is 3.79. The van der Waals surface area contributed by atoms with E-state index in [1.54, 1.807) is 29.2 Å². The molecule has 0 unspecified atom stereocenters. The van der Waals surface area contributed by atoms with E-state index in [9.17, 15) is 9.59 Å². The number of hydrogen-bond donors (Lipinski definition) is 0. The maximum atomic E-state index is 12.2. The van der Waals surface area contributed by atoms with Crippen LogP contribution >= 0.6 is 0 Å². The van der Waals surface area contributed by atoms with E-state index >= 15 is 0 Å². The van der Waals surface area contributed by atoms with Gasteiger partial charge in [0.25, 0.3) is 0 Å². The molecular formula is C15H21N3O2. The molecule has 1 aliphatic heterocycles. The van der Waals surface area contributed by atoms with Crippen molar-refractivity contribution >= 4 is 11.8 Å². The summed E-state index contributed by atoms with van der Waals surface area (Å²) in [6.07, 6.45) is 7.03. The van der Waals surface area contributed by atoms with Gasteiger partial charge in [0.2, 0.25) is 11.8 Å². The van der Waals surface area contributed by atoms with Crippen LogP contribution in [-0.4, -0.2) is 46.7 Å². The first-order chi connectivity index (χ1) is 9.66. The predicted octanol–water partition coefficient (Wildman–Crippen LogP) is 1.44. The molecule has 1 fully saturated rings. The fraction of sp³-hybridized carbons (Fsp3) is 0.533. The Bertz CT molecular complexity index is 461. The first-order valence-corrected chi connectivity index (χ1v) is 7.07. The Hall–Kier alpha value is -1.91. The number of amides is 2. The molecule has 20 heavy (non-hydrogen) atoms. The van der Waals surface area contributed by atoms with Gasteiger partial charge in [0.15, 0.2) is 0 Å². The Morgan fingerprint density at radius 2 is 2.25 bits per heavy atom. The molecular weight excluding hydrogens is 254 g/mol. The molecule has 0 aliphatic carbocycles. The zero-order valence-electron chi connectivity index (χ0n) is 11.9. The third-order valence-corrected chi connectivity index (χ3v) is 3.57.